The van der Waals surface area contributed by atoms with Gasteiger partial charge in [-0.1, -0.05) is 30.3 Å². The van der Waals surface area contributed by atoms with E-state index in [1.54, 1.807) is 4.90 Å². The molecule has 2 amide bonds. The predicted octanol–water partition coefficient (Wildman–Crippen LogP) is 3.54. The number of rotatable bonds is 7. The van der Waals surface area contributed by atoms with E-state index in [4.69, 9.17) is 9.47 Å². The highest BCUT2D eigenvalue weighted by Gasteiger charge is 2.31. The molecule has 0 saturated carbocycles. The molecule has 1 N–H and O–H groups in total. The lowest BCUT2D eigenvalue weighted by atomic mass is 10.1. The summed E-state index contributed by atoms with van der Waals surface area (Å²) < 4.78 is 11.1. The molecule has 1 aliphatic heterocycles. The third-order valence-corrected chi connectivity index (χ3v) is 5.04. The van der Waals surface area contributed by atoms with Crippen molar-refractivity contribution in [2.75, 3.05) is 24.7 Å². The molecular weight excluding hydrogens is 380 g/mol. The van der Waals surface area contributed by atoms with Gasteiger partial charge in [-0.25, -0.2) is 0 Å². The number of anilines is 1. The van der Waals surface area contributed by atoms with Crippen molar-refractivity contribution in [2.24, 2.45) is 0 Å². The molecule has 1 fully saturated rings. The first-order chi connectivity index (χ1) is 14.6. The van der Waals surface area contributed by atoms with Crippen LogP contribution in [0.15, 0.2) is 66.7 Å². The molecule has 0 bridgehead atoms. The lowest BCUT2D eigenvalue weighted by Crippen LogP contribution is -2.39. The number of hydrogen-bond acceptors (Lipinski definition) is 4. The Bertz CT molecular complexity index is 1050. The molecule has 3 aromatic carbocycles. The quantitative estimate of drug-likeness (QED) is 0.654. The van der Waals surface area contributed by atoms with E-state index >= 15 is 0 Å². The Balaban J connectivity index is 1.30. The minimum Gasteiger partial charge on any atom is -0.494 e. The molecule has 1 heterocycles. The Morgan fingerprint density at radius 1 is 1.00 bits per heavy atom. The number of fused-ring (bicyclic) bond motifs is 1. The summed E-state index contributed by atoms with van der Waals surface area (Å²) in [6.45, 7) is 2.87. The number of carbonyl (C=O) groups is 2. The summed E-state index contributed by atoms with van der Waals surface area (Å²) >= 11 is 0. The molecule has 6 nitrogen and oxygen atoms in total. The fourth-order valence-electron chi connectivity index (χ4n) is 3.62. The highest BCUT2D eigenvalue weighted by molar-refractivity contribution is 5.97. The van der Waals surface area contributed by atoms with Gasteiger partial charge in [0, 0.05) is 18.7 Å². The second kappa shape index (κ2) is 8.86. The van der Waals surface area contributed by atoms with Crippen LogP contribution in [-0.2, 0) is 9.59 Å². The fourth-order valence-corrected chi connectivity index (χ4v) is 3.62. The van der Waals surface area contributed by atoms with Crippen molar-refractivity contribution in [1.29, 1.82) is 0 Å². The average molecular weight is 404 g/mol. The lowest BCUT2D eigenvalue weighted by molar-refractivity contribution is -0.123. The molecule has 4 rings (SSSR count). The largest absolute Gasteiger partial charge is 0.494 e. The maximum atomic E-state index is 12.4. The zero-order chi connectivity index (χ0) is 20.9. The Hall–Kier alpha value is -3.54. The molecule has 1 atom stereocenters. The standard InChI is InChI=1S/C24H24N2O4/c1-2-29-21-11-8-20(9-12-21)26-15-19(14-24(26)28)25-23(27)16-30-22-10-7-17-5-3-4-6-18(17)13-22/h3-13,19H,2,14-16H2,1H3,(H,25,27). The van der Waals surface area contributed by atoms with Crippen LogP contribution in [0.25, 0.3) is 10.8 Å². The van der Waals surface area contributed by atoms with Gasteiger partial charge in [-0.15, -0.1) is 0 Å². The number of benzene rings is 3. The smallest absolute Gasteiger partial charge is 0.258 e. The molecule has 0 aliphatic carbocycles. The van der Waals surface area contributed by atoms with Crippen LogP contribution in [0.3, 0.4) is 0 Å². The van der Waals surface area contributed by atoms with E-state index < -0.39 is 0 Å². The zero-order valence-corrected chi connectivity index (χ0v) is 16.8. The van der Waals surface area contributed by atoms with Gasteiger partial charge in [0.2, 0.25) is 5.91 Å². The van der Waals surface area contributed by atoms with E-state index in [9.17, 15) is 9.59 Å². The molecule has 1 saturated heterocycles. The predicted molar refractivity (Wildman–Crippen MR) is 116 cm³/mol. The number of hydrogen-bond donors (Lipinski definition) is 1. The topological polar surface area (TPSA) is 67.9 Å². The molecule has 0 spiro atoms. The molecule has 6 heteroatoms. The van der Waals surface area contributed by atoms with Gasteiger partial charge in [0.1, 0.15) is 11.5 Å². The molecule has 3 aromatic rings. The SMILES string of the molecule is CCOc1ccc(N2CC(NC(=O)COc3ccc4ccccc4c3)CC2=O)cc1. The highest BCUT2D eigenvalue weighted by Crippen LogP contribution is 2.24. The van der Waals surface area contributed by atoms with Gasteiger partial charge in [0.25, 0.3) is 5.91 Å². The number of nitrogens with zero attached hydrogens (tertiary/aromatic N) is 1. The van der Waals surface area contributed by atoms with Crippen LogP contribution >= 0.6 is 0 Å². The summed E-state index contributed by atoms with van der Waals surface area (Å²) in [6, 6.07) is 20.9. The van der Waals surface area contributed by atoms with E-state index in [-0.39, 0.29) is 30.9 Å². The normalized spacial score (nSPS) is 16.0. The average Bonchev–Trinajstić information content (AvgIpc) is 3.12. The van der Waals surface area contributed by atoms with Crippen molar-refractivity contribution in [1.82, 2.24) is 5.32 Å². The Morgan fingerprint density at radius 3 is 2.50 bits per heavy atom. The van der Waals surface area contributed by atoms with Gasteiger partial charge in [-0.2, -0.15) is 0 Å². The van der Waals surface area contributed by atoms with Gasteiger partial charge in [0.05, 0.1) is 12.6 Å². The lowest BCUT2D eigenvalue weighted by Gasteiger charge is -2.18. The third kappa shape index (κ3) is 4.54. The molecule has 0 aromatic heterocycles. The molecule has 0 radical (unpaired) electrons. The maximum absolute atomic E-state index is 12.4. The van der Waals surface area contributed by atoms with Gasteiger partial charge in [0.15, 0.2) is 6.61 Å². The van der Waals surface area contributed by atoms with E-state index in [0.29, 0.717) is 18.9 Å². The summed E-state index contributed by atoms with van der Waals surface area (Å²) in [4.78, 5) is 26.4. The van der Waals surface area contributed by atoms with Crippen LogP contribution in [0.4, 0.5) is 5.69 Å². The second-order valence-corrected chi connectivity index (χ2v) is 7.20. The molecule has 1 aliphatic rings. The van der Waals surface area contributed by atoms with E-state index in [2.05, 4.69) is 5.32 Å². The van der Waals surface area contributed by atoms with Crippen molar-refractivity contribution in [3.8, 4) is 11.5 Å². The first-order valence-electron chi connectivity index (χ1n) is 10.1. The summed E-state index contributed by atoms with van der Waals surface area (Å²) in [5.41, 5.74) is 0.799. The van der Waals surface area contributed by atoms with Crippen molar-refractivity contribution < 1.29 is 19.1 Å². The van der Waals surface area contributed by atoms with Crippen LogP contribution in [0.1, 0.15) is 13.3 Å². The van der Waals surface area contributed by atoms with Crippen LogP contribution in [0, 0.1) is 0 Å². The summed E-state index contributed by atoms with van der Waals surface area (Å²) in [5, 5.41) is 5.07. The Labute approximate surface area is 175 Å². The van der Waals surface area contributed by atoms with E-state index in [1.807, 2.05) is 73.7 Å². The number of ether oxygens (including phenoxy) is 2. The van der Waals surface area contributed by atoms with Crippen LogP contribution in [0.2, 0.25) is 0 Å². The minimum atomic E-state index is -0.241. The monoisotopic (exact) mass is 404 g/mol. The third-order valence-electron chi connectivity index (χ3n) is 5.04. The van der Waals surface area contributed by atoms with Crippen molar-refractivity contribution in [3.63, 3.8) is 0 Å². The number of amides is 2. The second-order valence-electron chi connectivity index (χ2n) is 7.20. The highest BCUT2D eigenvalue weighted by atomic mass is 16.5. The Morgan fingerprint density at radius 2 is 1.73 bits per heavy atom. The summed E-state index contributed by atoms with van der Waals surface area (Å²) in [5.74, 6) is 1.15. The van der Waals surface area contributed by atoms with Crippen molar-refractivity contribution in [3.05, 3.63) is 66.7 Å². The Kier molecular flexibility index (Phi) is 5.84. The maximum Gasteiger partial charge on any atom is 0.258 e. The first kappa shape index (κ1) is 19.8. The molecule has 30 heavy (non-hydrogen) atoms. The summed E-state index contributed by atoms with van der Waals surface area (Å²) in [6.07, 6.45) is 0.273. The zero-order valence-electron chi connectivity index (χ0n) is 16.8. The number of carbonyl (C=O) groups excluding carboxylic acids is 2. The summed E-state index contributed by atoms with van der Waals surface area (Å²) in [7, 11) is 0. The molecule has 1 unspecified atom stereocenters. The van der Waals surface area contributed by atoms with Crippen LogP contribution in [-0.4, -0.2) is 37.6 Å². The van der Waals surface area contributed by atoms with Crippen LogP contribution in [0.5, 0.6) is 11.5 Å². The van der Waals surface area contributed by atoms with Gasteiger partial charge >= 0.3 is 0 Å². The first-order valence-corrected chi connectivity index (χ1v) is 10.1. The number of nitrogens with one attached hydrogen (secondary N) is 1. The van der Waals surface area contributed by atoms with Gasteiger partial charge < -0.3 is 19.7 Å². The van der Waals surface area contributed by atoms with E-state index in [0.717, 1.165) is 22.2 Å². The van der Waals surface area contributed by atoms with Gasteiger partial charge in [-0.05, 0) is 54.1 Å². The van der Waals surface area contributed by atoms with Crippen molar-refractivity contribution in [2.45, 2.75) is 19.4 Å². The molecule has 154 valence electrons. The van der Waals surface area contributed by atoms with Crippen LogP contribution < -0.4 is 19.7 Å². The molecular formula is C24H24N2O4. The van der Waals surface area contributed by atoms with E-state index in [1.165, 1.54) is 0 Å². The van der Waals surface area contributed by atoms with Crippen molar-refractivity contribution >= 4 is 28.3 Å². The minimum absolute atomic E-state index is 0.0140. The van der Waals surface area contributed by atoms with Gasteiger partial charge in [-0.3, -0.25) is 9.59 Å². The fraction of sp³-hybridized carbons (Fsp3) is 0.250.